The minimum atomic E-state index is -1.54. The van der Waals surface area contributed by atoms with E-state index in [0.717, 1.165) is 5.69 Å². The zero-order valence-corrected chi connectivity index (χ0v) is 9.72. The van der Waals surface area contributed by atoms with E-state index in [1.54, 1.807) is 47.6 Å². The summed E-state index contributed by atoms with van der Waals surface area (Å²) >= 11 is 0. The van der Waals surface area contributed by atoms with Crippen molar-refractivity contribution in [2.24, 2.45) is 0 Å². The van der Waals surface area contributed by atoms with Crippen LogP contribution in [0.3, 0.4) is 0 Å². The lowest BCUT2D eigenvalue weighted by molar-refractivity contribution is -0.135. The van der Waals surface area contributed by atoms with Crippen LogP contribution in [-0.2, 0) is 4.79 Å². The maximum absolute atomic E-state index is 11.6. The molecule has 1 heterocycles. The monoisotopic (exact) mass is 258 g/mol. The predicted molar refractivity (Wildman–Crippen MR) is 66.2 cm³/mol. The van der Waals surface area contributed by atoms with Gasteiger partial charge in [0.25, 0.3) is 0 Å². The van der Waals surface area contributed by atoms with E-state index >= 15 is 0 Å². The van der Waals surface area contributed by atoms with Gasteiger partial charge in [0.1, 0.15) is 0 Å². The van der Waals surface area contributed by atoms with Crippen molar-refractivity contribution < 1.29 is 19.8 Å². The van der Waals surface area contributed by atoms with E-state index in [-0.39, 0.29) is 5.56 Å². The van der Waals surface area contributed by atoms with Crippen molar-refractivity contribution in [1.82, 2.24) is 9.55 Å². The number of rotatable bonds is 4. The summed E-state index contributed by atoms with van der Waals surface area (Å²) in [5, 5.41) is 17.5. The first-order valence-electron chi connectivity index (χ1n) is 5.34. The second kappa shape index (κ2) is 5.18. The molecule has 0 radical (unpaired) electrons. The molecule has 1 aromatic heterocycles. The highest BCUT2D eigenvalue weighted by atomic mass is 16.4. The van der Waals surface area contributed by atoms with Crippen molar-refractivity contribution >= 4 is 11.8 Å². The molecule has 0 unspecified atom stereocenters. The zero-order valence-electron chi connectivity index (χ0n) is 9.72. The summed E-state index contributed by atoms with van der Waals surface area (Å²) in [5.41, 5.74) is 1.11. The van der Waals surface area contributed by atoms with Crippen LogP contribution in [0.2, 0.25) is 0 Å². The van der Waals surface area contributed by atoms with Crippen molar-refractivity contribution in [2.75, 3.05) is 0 Å². The van der Waals surface area contributed by atoms with E-state index in [1.165, 1.54) is 0 Å². The zero-order chi connectivity index (χ0) is 13.8. The van der Waals surface area contributed by atoms with Gasteiger partial charge in [-0.3, -0.25) is 4.79 Å². The Bertz CT molecular complexity index is 627. The lowest BCUT2D eigenvalue weighted by atomic mass is 10.1. The van der Waals surface area contributed by atoms with Crippen LogP contribution in [0.4, 0.5) is 0 Å². The number of benzene rings is 1. The van der Waals surface area contributed by atoms with Gasteiger partial charge in [0.05, 0.1) is 6.33 Å². The number of imidazole rings is 1. The lowest BCUT2D eigenvalue weighted by Crippen LogP contribution is -2.04. The molecule has 0 aliphatic carbocycles. The molecular weight excluding hydrogens is 248 g/mol. The summed E-state index contributed by atoms with van der Waals surface area (Å²) in [5.74, 6) is -3.09. The summed E-state index contributed by atoms with van der Waals surface area (Å²) in [6, 6.07) is 6.48. The van der Waals surface area contributed by atoms with Crippen molar-refractivity contribution in [3.05, 3.63) is 60.4 Å². The topological polar surface area (TPSA) is 92.4 Å². The molecule has 0 saturated carbocycles. The number of nitrogens with zero attached hydrogens (tertiary/aromatic N) is 2. The molecular formula is C13H10N2O4. The largest absolute Gasteiger partial charge is 0.502 e. The first-order chi connectivity index (χ1) is 9.08. The van der Waals surface area contributed by atoms with Crippen LogP contribution in [0.15, 0.2) is 54.8 Å². The average Bonchev–Trinajstić information content (AvgIpc) is 2.92. The van der Waals surface area contributed by atoms with Crippen LogP contribution < -0.4 is 0 Å². The summed E-state index contributed by atoms with van der Waals surface area (Å²) in [6.07, 6.45) is 5.68. The summed E-state index contributed by atoms with van der Waals surface area (Å²) in [6.45, 7) is 0. The van der Waals surface area contributed by atoms with Gasteiger partial charge in [-0.05, 0) is 24.3 Å². The molecule has 0 atom stereocenters. The Kier molecular flexibility index (Phi) is 3.42. The van der Waals surface area contributed by atoms with Gasteiger partial charge < -0.3 is 14.8 Å². The van der Waals surface area contributed by atoms with Gasteiger partial charge in [0.15, 0.2) is 5.78 Å². The Hall–Kier alpha value is -2.89. The fourth-order valence-corrected chi connectivity index (χ4v) is 1.48. The van der Waals surface area contributed by atoms with Gasteiger partial charge in [-0.1, -0.05) is 0 Å². The fraction of sp³-hybridized carbons (Fsp3) is 0. The van der Waals surface area contributed by atoms with E-state index in [4.69, 9.17) is 10.2 Å². The molecule has 96 valence electrons. The molecule has 0 saturated heterocycles. The summed E-state index contributed by atoms with van der Waals surface area (Å²) in [4.78, 5) is 25.9. The number of aromatic nitrogens is 2. The second-order valence-corrected chi connectivity index (χ2v) is 3.72. The number of carboxylic acids is 1. The number of aliphatic hydroxyl groups excluding tert-OH is 1. The number of carbonyl (C=O) groups excluding carboxylic acids is 1. The van der Waals surface area contributed by atoms with E-state index in [0.29, 0.717) is 6.08 Å². The Morgan fingerprint density at radius 3 is 2.37 bits per heavy atom. The van der Waals surface area contributed by atoms with Crippen LogP contribution in [0.25, 0.3) is 5.69 Å². The lowest BCUT2D eigenvalue weighted by Gasteiger charge is -2.02. The highest BCUT2D eigenvalue weighted by molar-refractivity contribution is 6.07. The number of aliphatic carboxylic acids is 1. The van der Waals surface area contributed by atoms with Crippen molar-refractivity contribution in [2.45, 2.75) is 0 Å². The highest BCUT2D eigenvalue weighted by Crippen LogP contribution is 2.10. The highest BCUT2D eigenvalue weighted by Gasteiger charge is 2.09. The molecule has 2 N–H and O–H groups in total. The Morgan fingerprint density at radius 2 is 1.84 bits per heavy atom. The van der Waals surface area contributed by atoms with Gasteiger partial charge in [-0.25, -0.2) is 9.78 Å². The minimum absolute atomic E-state index is 0.289. The van der Waals surface area contributed by atoms with Crippen molar-refractivity contribution in [3.63, 3.8) is 0 Å². The molecule has 0 aliphatic heterocycles. The van der Waals surface area contributed by atoms with Crippen LogP contribution >= 0.6 is 0 Å². The number of allylic oxidation sites excluding steroid dienone is 1. The van der Waals surface area contributed by atoms with E-state index in [1.807, 2.05) is 0 Å². The normalized spacial score (nSPS) is 11.3. The molecule has 0 spiro atoms. The first kappa shape index (κ1) is 12.6. The molecule has 2 aromatic rings. The number of ketones is 1. The van der Waals surface area contributed by atoms with Crippen LogP contribution in [-0.4, -0.2) is 31.5 Å². The van der Waals surface area contributed by atoms with Crippen molar-refractivity contribution in [3.8, 4) is 5.69 Å². The molecule has 0 bridgehead atoms. The number of carboxylic acid groups (broad SMARTS) is 1. The van der Waals surface area contributed by atoms with Crippen molar-refractivity contribution in [1.29, 1.82) is 0 Å². The van der Waals surface area contributed by atoms with Gasteiger partial charge in [-0.15, -0.1) is 0 Å². The van der Waals surface area contributed by atoms with Gasteiger partial charge in [-0.2, -0.15) is 0 Å². The number of hydrogen-bond acceptors (Lipinski definition) is 4. The first-order valence-corrected chi connectivity index (χ1v) is 5.34. The molecule has 6 nitrogen and oxygen atoms in total. The van der Waals surface area contributed by atoms with Gasteiger partial charge in [0, 0.05) is 29.7 Å². The van der Waals surface area contributed by atoms with E-state index in [2.05, 4.69) is 4.98 Å². The molecule has 6 heteroatoms. The SMILES string of the molecule is O=C(O)/C(O)=C\C(=O)c1ccc(-n2ccnc2)cc1. The van der Waals surface area contributed by atoms with Gasteiger partial charge in [0.2, 0.25) is 5.76 Å². The molecule has 1 aromatic carbocycles. The number of hydrogen-bond donors (Lipinski definition) is 2. The van der Waals surface area contributed by atoms with E-state index in [9.17, 15) is 9.59 Å². The van der Waals surface area contributed by atoms with E-state index < -0.39 is 17.5 Å². The number of carbonyl (C=O) groups is 2. The molecule has 0 amide bonds. The van der Waals surface area contributed by atoms with Crippen LogP contribution in [0.1, 0.15) is 10.4 Å². The quantitative estimate of drug-likeness (QED) is 0.493. The Labute approximate surface area is 108 Å². The summed E-state index contributed by atoms with van der Waals surface area (Å²) < 4.78 is 1.76. The Balaban J connectivity index is 2.22. The third-order valence-corrected chi connectivity index (χ3v) is 2.44. The Morgan fingerprint density at radius 1 is 1.16 bits per heavy atom. The maximum atomic E-state index is 11.6. The smallest absolute Gasteiger partial charge is 0.371 e. The third-order valence-electron chi connectivity index (χ3n) is 2.44. The molecule has 0 fully saturated rings. The molecule has 2 rings (SSSR count). The maximum Gasteiger partial charge on any atom is 0.371 e. The molecule has 19 heavy (non-hydrogen) atoms. The predicted octanol–water partition coefficient (Wildman–Crippen LogP) is 1.58. The summed E-state index contributed by atoms with van der Waals surface area (Å²) in [7, 11) is 0. The van der Waals surface area contributed by atoms with Crippen LogP contribution in [0.5, 0.6) is 0 Å². The van der Waals surface area contributed by atoms with Gasteiger partial charge >= 0.3 is 5.97 Å². The third kappa shape index (κ3) is 2.86. The second-order valence-electron chi connectivity index (χ2n) is 3.72. The minimum Gasteiger partial charge on any atom is -0.502 e. The van der Waals surface area contributed by atoms with Crippen LogP contribution in [0, 0.1) is 0 Å². The fourth-order valence-electron chi connectivity index (χ4n) is 1.48. The standard InChI is InChI=1S/C13H10N2O4/c16-11(7-12(17)13(18)19)9-1-3-10(4-2-9)15-6-5-14-8-15/h1-8,17H,(H,18,19)/b12-7+. The average molecular weight is 258 g/mol. The molecule has 0 aliphatic rings. The number of aliphatic hydroxyl groups is 1.